The van der Waals surface area contributed by atoms with Gasteiger partial charge in [0.1, 0.15) is 11.5 Å². The van der Waals surface area contributed by atoms with Crippen molar-refractivity contribution in [1.29, 1.82) is 0 Å². The van der Waals surface area contributed by atoms with Crippen LogP contribution in [0.1, 0.15) is 24.2 Å². The number of carbonyl (C=O) groups is 1. The summed E-state index contributed by atoms with van der Waals surface area (Å²) in [6, 6.07) is 10.0. The van der Waals surface area contributed by atoms with Gasteiger partial charge in [-0.1, -0.05) is 35.0 Å². The van der Waals surface area contributed by atoms with Gasteiger partial charge in [0, 0.05) is 60.6 Å². The van der Waals surface area contributed by atoms with Gasteiger partial charge in [-0.3, -0.25) is 9.00 Å². The quantitative estimate of drug-likeness (QED) is 0.785. The maximum Gasteiger partial charge on any atom is 0.226 e. The standard InChI is InChI=1S/C20H26N2O4S/c1-15-3-5-16(6-4-15)18-13-17(26-22-18)14-20(7-10-25-11-8-20)19(23)21-9-12-27(2)24/h3-6,13H,7-12,14H2,1-2H3,(H,21,23)/t27-/m0/s1. The van der Waals surface area contributed by atoms with Gasteiger partial charge in [-0.15, -0.1) is 0 Å². The van der Waals surface area contributed by atoms with Crippen molar-refractivity contribution in [2.75, 3.05) is 31.8 Å². The van der Waals surface area contributed by atoms with E-state index in [0.29, 0.717) is 50.5 Å². The molecule has 146 valence electrons. The van der Waals surface area contributed by atoms with Crippen LogP contribution in [0, 0.1) is 12.3 Å². The van der Waals surface area contributed by atoms with Crippen LogP contribution in [0.25, 0.3) is 11.3 Å². The normalized spacial score (nSPS) is 17.4. The van der Waals surface area contributed by atoms with E-state index in [1.165, 1.54) is 5.56 Å². The molecule has 1 aromatic carbocycles. The minimum atomic E-state index is -0.926. The van der Waals surface area contributed by atoms with E-state index in [9.17, 15) is 9.00 Å². The Balaban J connectivity index is 1.73. The van der Waals surface area contributed by atoms with E-state index in [-0.39, 0.29) is 5.91 Å². The maximum atomic E-state index is 12.9. The molecule has 1 saturated heterocycles. The lowest BCUT2D eigenvalue weighted by Crippen LogP contribution is -2.47. The highest BCUT2D eigenvalue weighted by molar-refractivity contribution is 7.84. The summed E-state index contributed by atoms with van der Waals surface area (Å²) in [5, 5.41) is 7.12. The number of rotatable bonds is 7. The molecule has 0 spiro atoms. The lowest BCUT2D eigenvalue weighted by molar-refractivity contribution is -0.136. The molecular formula is C20H26N2O4S. The zero-order chi connectivity index (χ0) is 19.3. The fourth-order valence-electron chi connectivity index (χ4n) is 3.33. The van der Waals surface area contributed by atoms with E-state index in [4.69, 9.17) is 9.26 Å². The van der Waals surface area contributed by atoms with Crippen molar-refractivity contribution in [1.82, 2.24) is 10.5 Å². The van der Waals surface area contributed by atoms with Crippen molar-refractivity contribution in [3.05, 3.63) is 41.7 Å². The van der Waals surface area contributed by atoms with Gasteiger partial charge in [0.15, 0.2) is 0 Å². The molecule has 2 aromatic rings. The van der Waals surface area contributed by atoms with Gasteiger partial charge >= 0.3 is 0 Å². The fraction of sp³-hybridized carbons (Fsp3) is 0.500. The molecule has 3 rings (SSSR count). The Hall–Kier alpha value is -1.99. The number of aryl methyl sites for hydroxylation is 1. The molecule has 0 unspecified atom stereocenters. The first-order chi connectivity index (χ1) is 13.0. The molecule has 1 fully saturated rings. The zero-order valence-corrected chi connectivity index (χ0v) is 16.6. The van der Waals surface area contributed by atoms with Crippen LogP contribution >= 0.6 is 0 Å². The van der Waals surface area contributed by atoms with Crippen molar-refractivity contribution >= 4 is 16.7 Å². The van der Waals surface area contributed by atoms with Crippen LogP contribution in [0.2, 0.25) is 0 Å². The summed E-state index contributed by atoms with van der Waals surface area (Å²) in [6.07, 6.45) is 3.39. The zero-order valence-electron chi connectivity index (χ0n) is 15.8. The predicted octanol–water partition coefficient (Wildman–Crippen LogP) is 2.48. The van der Waals surface area contributed by atoms with E-state index in [1.807, 2.05) is 37.3 Å². The van der Waals surface area contributed by atoms with Crippen LogP contribution in [-0.4, -0.2) is 47.0 Å². The van der Waals surface area contributed by atoms with E-state index in [0.717, 1.165) is 11.3 Å². The highest BCUT2D eigenvalue weighted by Gasteiger charge is 2.41. The SMILES string of the molecule is Cc1ccc(-c2cc(CC3(C(=O)NCC[S@](C)=O)CCOCC3)on2)cc1. The Bertz CT molecular complexity index is 795. The van der Waals surface area contributed by atoms with E-state index < -0.39 is 16.2 Å². The Morgan fingerprint density at radius 2 is 1.96 bits per heavy atom. The number of carbonyl (C=O) groups excluding carboxylic acids is 1. The first-order valence-corrected chi connectivity index (χ1v) is 10.9. The van der Waals surface area contributed by atoms with Crippen LogP contribution < -0.4 is 5.32 Å². The van der Waals surface area contributed by atoms with Crippen molar-refractivity contribution < 1.29 is 18.3 Å². The van der Waals surface area contributed by atoms with Gasteiger partial charge in [0.05, 0.1) is 5.41 Å². The van der Waals surface area contributed by atoms with Crippen molar-refractivity contribution in [2.45, 2.75) is 26.2 Å². The van der Waals surface area contributed by atoms with Gasteiger partial charge in [0.25, 0.3) is 0 Å². The average molecular weight is 391 g/mol. The highest BCUT2D eigenvalue weighted by atomic mass is 32.2. The molecule has 0 saturated carbocycles. The van der Waals surface area contributed by atoms with Crippen LogP contribution in [-0.2, 0) is 26.8 Å². The summed E-state index contributed by atoms with van der Waals surface area (Å²) in [7, 11) is -0.926. The Kier molecular flexibility index (Phi) is 6.44. The Morgan fingerprint density at radius 3 is 2.63 bits per heavy atom. The molecule has 1 amide bonds. The summed E-state index contributed by atoms with van der Waals surface area (Å²) >= 11 is 0. The first kappa shape index (κ1) is 19.8. The number of hydrogen-bond donors (Lipinski definition) is 1. The largest absolute Gasteiger partial charge is 0.381 e. The lowest BCUT2D eigenvalue weighted by Gasteiger charge is -2.35. The number of benzene rings is 1. The Labute approximate surface area is 162 Å². The third-order valence-electron chi connectivity index (χ3n) is 5.03. The van der Waals surface area contributed by atoms with Crippen molar-refractivity contribution in [2.24, 2.45) is 5.41 Å². The van der Waals surface area contributed by atoms with Crippen molar-refractivity contribution in [3.8, 4) is 11.3 Å². The number of nitrogens with one attached hydrogen (secondary N) is 1. The molecule has 6 nitrogen and oxygen atoms in total. The second-order valence-corrected chi connectivity index (χ2v) is 8.70. The topological polar surface area (TPSA) is 81.4 Å². The summed E-state index contributed by atoms with van der Waals surface area (Å²) in [5.41, 5.74) is 2.38. The number of ether oxygens (including phenoxy) is 1. The van der Waals surface area contributed by atoms with Gasteiger partial charge in [0.2, 0.25) is 5.91 Å². The summed E-state index contributed by atoms with van der Waals surface area (Å²) < 4.78 is 22.3. The second-order valence-electron chi connectivity index (χ2n) is 7.15. The van der Waals surface area contributed by atoms with Crippen LogP contribution in [0.5, 0.6) is 0 Å². The van der Waals surface area contributed by atoms with Crippen molar-refractivity contribution in [3.63, 3.8) is 0 Å². The number of aromatic nitrogens is 1. The molecule has 1 aromatic heterocycles. The smallest absolute Gasteiger partial charge is 0.226 e. The van der Waals surface area contributed by atoms with E-state index in [1.54, 1.807) is 6.26 Å². The van der Waals surface area contributed by atoms with Crippen LogP contribution in [0.15, 0.2) is 34.9 Å². The number of amides is 1. The van der Waals surface area contributed by atoms with Gasteiger partial charge < -0.3 is 14.6 Å². The Morgan fingerprint density at radius 1 is 1.26 bits per heavy atom. The summed E-state index contributed by atoms with van der Waals surface area (Å²) in [6.45, 7) is 3.55. The minimum absolute atomic E-state index is 0.0236. The molecule has 0 bridgehead atoms. The summed E-state index contributed by atoms with van der Waals surface area (Å²) in [4.78, 5) is 12.9. The highest BCUT2D eigenvalue weighted by Crippen LogP contribution is 2.35. The number of nitrogens with zero attached hydrogens (tertiary/aromatic N) is 1. The predicted molar refractivity (Wildman–Crippen MR) is 105 cm³/mol. The average Bonchev–Trinajstić information content (AvgIpc) is 3.11. The van der Waals surface area contributed by atoms with Gasteiger partial charge in [-0.05, 0) is 19.8 Å². The van der Waals surface area contributed by atoms with Gasteiger partial charge in [-0.25, -0.2) is 0 Å². The number of hydrogen-bond acceptors (Lipinski definition) is 5. The molecular weight excluding hydrogens is 364 g/mol. The molecule has 0 aliphatic carbocycles. The fourth-order valence-corrected chi connectivity index (χ4v) is 3.72. The molecule has 1 N–H and O–H groups in total. The minimum Gasteiger partial charge on any atom is -0.381 e. The van der Waals surface area contributed by atoms with E-state index >= 15 is 0 Å². The van der Waals surface area contributed by atoms with Crippen LogP contribution in [0.3, 0.4) is 0 Å². The van der Waals surface area contributed by atoms with Crippen LogP contribution in [0.4, 0.5) is 0 Å². The maximum absolute atomic E-state index is 12.9. The lowest BCUT2D eigenvalue weighted by atomic mass is 9.75. The first-order valence-electron chi connectivity index (χ1n) is 9.17. The molecule has 1 aliphatic heterocycles. The molecule has 7 heteroatoms. The summed E-state index contributed by atoms with van der Waals surface area (Å²) in [5.74, 6) is 1.13. The monoisotopic (exact) mass is 390 g/mol. The third-order valence-corrected chi connectivity index (χ3v) is 5.80. The molecule has 1 atom stereocenters. The molecule has 1 aliphatic rings. The van der Waals surface area contributed by atoms with E-state index in [2.05, 4.69) is 10.5 Å². The molecule has 27 heavy (non-hydrogen) atoms. The molecule has 2 heterocycles. The third kappa shape index (κ3) is 5.05. The van der Waals surface area contributed by atoms with Gasteiger partial charge in [-0.2, -0.15) is 0 Å². The molecule has 0 radical (unpaired) electrons. The second kappa shape index (κ2) is 8.80.